The van der Waals surface area contributed by atoms with Crippen molar-refractivity contribution in [3.05, 3.63) is 93.7 Å². The Labute approximate surface area is 191 Å². The van der Waals surface area contributed by atoms with Crippen LogP contribution in [0, 0.1) is 17.1 Å². The van der Waals surface area contributed by atoms with E-state index in [0.717, 1.165) is 0 Å². The van der Waals surface area contributed by atoms with Gasteiger partial charge in [0.15, 0.2) is 6.61 Å². The average Bonchev–Trinajstić information content (AvgIpc) is 2.78. The number of anilines is 1. The van der Waals surface area contributed by atoms with Crippen molar-refractivity contribution in [1.82, 2.24) is 0 Å². The summed E-state index contributed by atoms with van der Waals surface area (Å²) in [5.41, 5.74) is 2.25. The molecule has 0 radical (unpaired) electrons. The van der Waals surface area contributed by atoms with Crippen LogP contribution < -0.4 is 10.1 Å². The predicted octanol–water partition coefficient (Wildman–Crippen LogP) is 5.37. The SMILES string of the molecule is N#C/C(=C/c1ccc(OCC(=O)Nc2ccc(F)cc2)c(Br)c1)c1ccc(C(=O)O)cc1. The first-order valence-corrected chi connectivity index (χ1v) is 10.1. The molecule has 3 aromatic carbocycles. The minimum atomic E-state index is -1.04. The van der Waals surface area contributed by atoms with E-state index in [1.807, 2.05) is 0 Å². The highest BCUT2D eigenvalue weighted by Gasteiger charge is 2.09. The number of carboxylic acid groups (broad SMARTS) is 1. The molecule has 2 N–H and O–H groups in total. The molecule has 0 fully saturated rings. The number of carbonyl (C=O) groups is 2. The molecule has 3 aromatic rings. The highest BCUT2D eigenvalue weighted by Crippen LogP contribution is 2.28. The summed E-state index contributed by atoms with van der Waals surface area (Å²) < 4.78 is 19.0. The van der Waals surface area contributed by atoms with Crippen molar-refractivity contribution in [1.29, 1.82) is 5.26 Å². The van der Waals surface area contributed by atoms with Crippen LogP contribution in [0.4, 0.5) is 10.1 Å². The lowest BCUT2D eigenvalue weighted by Crippen LogP contribution is -2.20. The lowest BCUT2D eigenvalue weighted by Gasteiger charge is -2.10. The number of carbonyl (C=O) groups excluding carboxylic acids is 1. The normalized spacial score (nSPS) is 10.8. The Balaban J connectivity index is 1.67. The molecule has 0 aliphatic carbocycles. The summed E-state index contributed by atoms with van der Waals surface area (Å²) in [6.45, 7) is -0.246. The van der Waals surface area contributed by atoms with Crippen molar-refractivity contribution < 1.29 is 23.8 Å². The number of nitriles is 1. The number of allylic oxidation sites excluding steroid dienone is 1. The molecule has 8 heteroatoms. The molecule has 3 rings (SSSR count). The zero-order valence-corrected chi connectivity index (χ0v) is 18.1. The summed E-state index contributed by atoms with van der Waals surface area (Å²) in [7, 11) is 0. The molecule has 0 heterocycles. The number of amides is 1. The van der Waals surface area contributed by atoms with E-state index in [0.29, 0.717) is 32.6 Å². The van der Waals surface area contributed by atoms with Gasteiger partial charge in [0.25, 0.3) is 5.91 Å². The van der Waals surface area contributed by atoms with Gasteiger partial charge in [-0.3, -0.25) is 4.79 Å². The summed E-state index contributed by atoms with van der Waals surface area (Å²) in [5.74, 6) is -1.40. The third-order valence-electron chi connectivity index (χ3n) is 4.32. The smallest absolute Gasteiger partial charge is 0.335 e. The number of rotatable bonds is 7. The topological polar surface area (TPSA) is 99.4 Å². The molecule has 0 aliphatic rings. The molecule has 160 valence electrons. The van der Waals surface area contributed by atoms with E-state index in [4.69, 9.17) is 9.84 Å². The number of nitrogens with zero attached hydrogens (tertiary/aromatic N) is 1. The number of aromatic carboxylic acids is 1. The van der Waals surface area contributed by atoms with Crippen LogP contribution in [0.2, 0.25) is 0 Å². The van der Waals surface area contributed by atoms with Gasteiger partial charge >= 0.3 is 5.97 Å². The molecule has 0 unspecified atom stereocenters. The number of hydrogen-bond donors (Lipinski definition) is 2. The quantitative estimate of drug-likeness (QED) is 0.339. The molecule has 0 saturated carbocycles. The first-order valence-electron chi connectivity index (χ1n) is 9.29. The highest BCUT2D eigenvalue weighted by molar-refractivity contribution is 9.10. The maximum atomic E-state index is 12.9. The summed E-state index contributed by atoms with van der Waals surface area (Å²) >= 11 is 3.39. The molecule has 0 spiro atoms. The van der Waals surface area contributed by atoms with E-state index in [1.54, 1.807) is 36.4 Å². The molecule has 0 aliphatic heterocycles. The zero-order valence-electron chi connectivity index (χ0n) is 16.5. The van der Waals surface area contributed by atoms with Crippen LogP contribution in [0.5, 0.6) is 5.75 Å². The minimum absolute atomic E-state index is 0.138. The Morgan fingerprint density at radius 2 is 1.72 bits per heavy atom. The van der Waals surface area contributed by atoms with Gasteiger partial charge in [-0.15, -0.1) is 0 Å². The number of ether oxygens (including phenoxy) is 1. The second kappa shape index (κ2) is 10.4. The van der Waals surface area contributed by atoms with E-state index >= 15 is 0 Å². The molecular weight excluding hydrogens is 479 g/mol. The first-order chi connectivity index (χ1) is 15.4. The molecule has 6 nitrogen and oxygen atoms in total. The van der Waals surface area contributed by atoms with E-state index < -0.39 is 17.7 Å². The van der Waals surface area contributed by atoms with Crippen LogP contribution >= 0.6 is 15.9 Å². The van der Waals surface area contributed by atoms with Crippen LogP contribution in [-0.2, 0) is 4.79 Å². The highest BCUT2D eigenvalue weighted by atomic mass is 79.9. The van der Waals surface area contributed by atoms with Gasteiger partial charge < -0.3 is 15.2 Å². The van der Waals surface area contributed by atoms with Crippen molar-refractivity contribution >= 4 is 45.1 Å². The van der Waals surface area contributed by atoms with Gasteiger partial charge in [0, 0.05) is 5.69 Å². The van der Waals surface area contributed by atoms with E-state index in [-0.39, 0.29) is 12.2 Å². The van der Waals surface area contributed by atoms with Gasteiger partial charge in [-0.2, -0.15) is 5.26 Å². The van der Waals surface area contributed by atoms with Crippen LogP contribution in [0.25, 0.3) is 11.6 Å². The fourth-order valence-corrected chi connectivity index (χ4v) is 3.25. The third kappa shape index (κ3) is 6.03. The Hall–Kier alpha value is -3.96. The second-order valence-electron chi connectivity index (χ2n) is 6.59. The molecule has 0 saturated heterocycles. The molecule has 32 heavy (non-hydrogen) atoms. The van der Waals surface area contributed by atoms with Gasteiger partial charge in [-0.1, -0.05) is 18.2 Å². The Bertz CT molecular complexity index is 1220. The number of carboxylic acids is 1. The third-order valence-corrected chi connectivity index (χ3v) is 4.94. The molecule has 0 aromatic heterocycles. The van der Waals surface area contributed by atoms with Crippen molar-refractivity contribution in [2.45, 2.75) is 0 Å². The Morgan fingerprint density at radius 3 is 2.31 bits per heavy atom. The predicted molar refractivity (Wildman–Crippen MR) is 122 cm³/mol. The maximum Gasteiger partial charge on any atom is 0.335 e. The van der Waals surface area contributed by atoms with E-state index in [9.17, 15) is 19.2 Å². The van der Waals surface area contributed by atoms with Crippen molar-refractivity contribution in [2.24, 2.45) is 0 Å². The number of hydrogen-bond acceptors (Lipinski definition) is 4. The van der Waals surface area contributed by atoms with E-state index in [2.05, 4.69) is 27.3 Å². The minimum Gasteiger partial charge on any atom is -0.483 e. The summed E-state index contributed by atoms with van der Waals surface area (Å²) in [6, 6.07) is 18.6. The van der Waals surface area contributed by atoms with Crippen LogP contribution in [0.1, 0.15) is 21.5 Å². The van der Waals surface area contributed by atoms with Gasteiger partial charge in [-0.05, 0) is 81.7 Å². The summed E-state index contributed by atoms with van der Waals surface area (Å²) in [5, 5.41) is 21.1. The van der Waals surface area contributed by atoms with Gasteiger partial charge in [0.2, 0.25) is 0 Å². The average molecular weight is 495 g/mol. The van der Waals surface area contributed by atoms with Crippen LogP contribution in [0.3, 0.4) is 0 Å². The number of nitrogens with one attached hydrogen (secondary N) is 1. The number of halogens is 2. The van der Waals surface area contributed by atoms with Gasteiger partial charge in [0.05, 0.1) is 21.7 Å². The van der Waals surface area contributed by atoms with Gasteiger partial charge in [-0.25, -0.2) is 9.18 Å². The Kier molecular flexibility index (Phi) is 7.37. The number of benzene rings is 3. The van der Waals surface area contributed by atoms with Crippen LogP contribution in [-0.4, -0.2) is 23.6 Å². The maximum absolute atomic E-state index is 12.9. The van der Waals surface area contributed by atoms with E-state index in [1.165, 1.54) is 36.4 Å². The largest absolute Gasteiger partial charge is 0.483 e. The lowest BCUT2D eigenvalue weighted by molar-refractivity contribution is -0.118. The zero-order chi connectivity index (χ0) is 23.1. The molecule has 0 atom stereocenters. The standard InChI is InChI=1S/C24H16BrFN2O4/c25-21-12-15(11-18(13-27)16-2-4-17(5-3-16)24(30)31)1-10-22(21)32-14-23(29)28-20-8-6-19(26)7-9-20/h1-12H,14H2,(H,28,29)(H,30,31)/b18-11-. The van der Waals surface area contributed by atoms with Gasteiger partial charge in [0.1, 0.15) is 11.6 Å². The van der Waals surface area contributed by atoms with Crippen molar-refractivity contribution in [3.63, 3.8) is 0 Å². The van der Waals surface area contributed by atoms with Crippen molar-refractivity contribution in [3.8, 4) is 11.8 Å². The fraction of sp³-hybridized carbons (Fsp3) is 0.0417. The second-order valence-corrected chi connectivity index (χ2v) is 7.44. The van der Waals surface area contributed by atoms with Crippen molar-refractivity contribution in [2.75, 3.05) is 11.9 Å². The first kappa shape index (κ1) is 22.7. The molecular formula is C24H16BrFN2O4. The lowest BCUT2D eigenvalue weighted by atomic mass is 10.0. The summed E-state index contributed by atoms with van der Waals surface area (Å²) in [4.78, 5) is 23.0. The fourth-order valence-electron chi connectivity index (χ4n) is 2.74. The Morgan fingerprint density at radius 1 is 1.06 bits per heavy atom. The monoisotopic (exact) mass is 494 g/mol. The summed E-state index contributed by atoms with van der Waals surface area (Å²) in [6.07, 6.45) is 1.66. The van der Waals surface area contributed by atoms with Crippen LogP contribution in [0.15, 0.2) is 71.2 Å². The molecule has 0 bridgehead atoms. The molecule has 1 amide bonds.